The van der Waals surface area contributed by atoms with Crippen LogP contribution in [0.4, 0.5) is 20.2 Å². The van der Waals surface area contributed by atoms with Crippen LogP contribution in [0.25, 0.3) is 0 Å². The Morgan fingerprint density at radius 3 is 1.59 bits per heavy atom. The number of methoxy groups -OCH3 is 2. The fourth-order valence-corrected chi connectivity index (χ4v) is 7.92. The number of hydrogen-bond acceptors (Lipinski definition) is 11. The molecular formula is C40H31Br2Cl3F2N4O8S2. The average Bonchev–Trinajstić information content (AvgIpc) is 3.19. The van der Waals surface area contributed by atoms with Crippen LogP contribution in [-0.2, 0) is 19.1 Å². The van der Waals surface area contributed by atoms with Crippen molar-refractivity contribution in [2.75, 3.05) is 24.7 Å². The summed E-state index contributed by atoms with van der Waals surface area (Å²) >= 11 is 18.2. The molecule has 6 aromatic rings. The highest BCUT2D eigenvalue weighted by molar-refractivity contribution is 9.10. The number of carbonyl (C=O) groups excluding carboxylic acids is 2. The summed E-state index contributed by atoms with van der Waals surface area (Å²) in [5, 5.41) is 0.395. The van der Waals surface area contributed by atoms with E-state index in [0.29, 0.717) is 10.6 Å². The van der Waals surface area contributed by atoms with Crippen molar-refractivity contribution in [2.24, 2.45) is 0 Å². The third kappa shape index (κ3) is 12.5. The summed E-state index contributed by atoms with van der Waals surface area (Å²) in [4.78, 5) is 33.2. The zero-order valence-corrected chi connectivity index (χ0v) is 39.0. The van der Waals surface area contributed by atoms with E-state index < -0.39 is 42.3 Å². The number of halogens is 7. The highest BCUT2D eigenvalue weighted by Gasteiger charge is 2.26. The Balaban J connectivity index is 0.000000224. The summed E-state index contributed by atoms with van der Waals surface area (Å²) in [6.45, 7) is 3.54. The molecular weight excluding hydrogens is 1030 g/mol. The van der Waals surface area contributed by atoms with Gasteiger partial charge in [-0.2, -0.15) is 0 Å². The SMILES string of the molecule is COc1cccc(F)c1C(=O)c1ncc(Cl)cc1N.COc1cccc(F)c1C(=O)c1ncc(Cl)cc1NS(=O)(=O)c1ccc(Br)c(C)c1.Cc1cc(S(=O)(=O)Cl)ccc1Br. The molecule has 0 spiro atoms. The van der Waals surface area contributed by atoms with Crippen LogP contribution >= 0.6 is 65.7 Å². The maximum Gasteiger partial charge on any atom is 0.261 e. The zero-order chi connectivity index (χ0) is 45.4. The van der Waals surface area contributed by atoms with Gasteiger partial charge in [0.05, 0.1) is 45.4 Å². The highest BCUT2D eigenvalue weighted by atomic mass is 79.9. The number of nitrogens with two attached hydrogens (primary N) is 1. The molecule has 0 atom stereocenters. The van der Waals surface area contributed by atoms with Crippen molar-refractivity contribution in [1.82, 2.24) is 9.97 Å². The number of pyridine rings is 2. The van der Waals surface area contributed by atoms with E-state index in [4.69, 9.17) is 49.1 Å². The summed E-state index contributed by atoms with van der Waals surface area (Å²) in [5.41, 5.74) is 6.17. The number of rotatable bonds is 10. The molecule has 61 heavy (non-hydrogen) atoms. The summed E-state index contributed by atoms with van der Waals surface area (Å²) in [5.74, 6) is -2.90. The molecule has 21 heteroatoms. The number of aryl methyl sites for hydroxylation is 2. The van der Waals surface area contributed by atoms with Crippen molar-refractivity contribution in [1.29, 1.82) is 0 Å². The van der Waals surface area contributed by atoms with Crippen molar-refractivity contribution < 1.29 is 44.7 Å². The molecule has 0 radical (unpaired) electrons. The molecule has 12 nitrogen and oxygen atoms in total. The van der Waals surface area contributed by atoms with Crippen LogP contribution < -0.4 is 19.9 Å². The molecule has 0 saturated heterocycles. The number of nitrogens with one attached hydrogen (secondary N) is 1. The molecule has 0 amide bonds. The monoisotopic (exact) mass is 1060 g/mol. The van der Waals surface area contributed by atoms with E-state index in [1.165, 1.54) is 93.3 Å². The lowest BCUT2D eigenvalue weighted by molar-refractivity contribution is 0.102. The number of anilines is 2. The van der Waals surface area contributed by atoms with E-state index in [1.807, 2.05) is 0 Å². The number of nitrogen functional groups attached to an aromatic ring is 1. The van der Waals surface area contributed by atoms with Gasteiger partial charge in [-0.1, -0.05) is 67.2 Å². The van der Waals surface area contributed by atoms with Gasteiger partial charge in [0.1, 0.15) is 45.6 Å². The lowest BCUT2D eigenvalue weighted by atomic mass is 10.0. The Labute approximate surface area is 381 Å². The molecule has 4 aromatic carbocycles. The van der Waals surface area contributed by atoms with Crippen molar-refractivity contribution in [3.8, 4) is 11.5 Å². The Morgan fingerprint density at radius 1 is 0.689 bits per heavy atom. The molecule has 0 fully saturated rings. The maximum absolute atomic E-state index is 14.4. The predicted octanol–water partition coefficient (Wildman–Crippen LogP) is 10.4. The minimum atomic E-state index is -4.08. The number of sulfonamides is 1. The second-order valence-electron chi connectivity index (χ2n) is 12.3. The van der Waals surface area contributed by atoms with Gasteiger partial charge in [0, 0.05) is 32.0 Å². The first-order chi connectivity index (χ1) is 28.6. The first-order valence-electron chi connectivity index (χ1n) is 16.9. The standard InChI is InChI=1S/C20H15BrClFN2O4S.C13H10ClFN2O2.C7H6BrClO2S/c1-11-8-13(6-7-14(11)21)30(27,28)25-16-9-12(22)10-24-19(16)20(26)18-15(23)4-3-5-17(18)29-2;1-19-10-4-2-3-8(15)11(10)13(18)12-9(16)5-7(14)6-17-12;1-5-4-6(12(9,10)11)2-3-7(5)8/h3-10,25H,1-2H3;2-6H,16H2,1H3;2-4H,1H3. The van der Waals surface area contributed by atoms with E-state index in [9.17, 15) is 35.2 Å². The molecule has 0 saturated carbocycles. The third-order valence-corrected chi connectivity index (χ3v) is 13.0. The normalized spacial score (nSPS) is 11.0. The molecule has 3 N–H and O–H groups in total. The minimum absolute atomic E-state index is 0.00547. The van der Waals surface area contributed by atoms with Crippen LogP contribution in [0.5, 0.6) is 11.5 Å². The fourth-order valence-electron chi connectivity index (χ4n) is 5.13. The number of nitrogens with zero attached hydrogens (tertiary/aromatic N) is 2. The number of ketones is 2. The van der Waals surface area contributed by atoms with Crippen LogP contribution in [0.1, 0.15) is 43.2 Å². The molecule has 6 rings (SSSR count). The number of aromatic nitrogens is 2. The topological polar surface area (TPSA) is 185 Å². The van der Waals surface area contributed by atoms with Crippen LogP contribution in [0.2, 0.25) is 10.0 Å². The maximum atomic E-state index is 14.4. The second kappa shape index (κ2) is 20.9. The lowest BCUT2D eigenvalue weighted by Gasteiger charge is -2.14. The molecule has 2 aromatic heterocycles. The van der Waals surface area contributed by atoms with Crippen molar-refractivity contribution in [3.05, 3.63) is 162 Å². The molecule has 0 aliphatic heterocycles. The Hall–Kier alpha value is -4.69. The highest BCUT2D eigenvalue weighted by Crippen LogP contribution is 2.31. The van der Waals surface area contributed by atoms with E-state index >= 15 is 0 Å². The fraction of sp³-hybridized carbons (Fsp3) is 0.100. The number of benzene rings is 4. The lowest BCUT2D eigenvalue weighted by Crippen LogP contribution is -2.18. The van der Waals surface area contributed by atoms with Crippen molar-refractivity contribution in [2.45, 2.75) is 23.6 Å². The summed E-state index contributed by atoms with van der Waals surface area (Å²) < 4.78 is 89.6. The molecule has 2 heterocycles. The quantitative estimate of drug-likeness (QED) is 0.0983. The van der Waals surface area contributed by atoms with Crippen molar-refractivity contribution >= 4 is 108 Å². The van der Waals surface area contributed by atoms with Crippen LogP contribution in [0.15, 0.2) is 116 Å². The minimum Gasteiger partial charge on any atom is -0.496 e. The number of carbonyl (C=O) groups is 2. The number of hydrogen-bond donors (Lipinski definition) is 2. The molecule has 0 unspecified atom stereocenters. The largest absolute Gasteiger partial charge is 0.496 e. The average molecular weight is 1060 g/mol. The smallest absolute Gasteiger partial charge is 0.261 e. The first kappa shape index (κ1) is 49.0. The first-order valence-corrected chi connectivity index (χ1v) is 23.0. The van der Waals surface area contributed by atoms with Gasteiger partial charge in [0.2, 0.25) is 11.6 Å². The Morgan fingerprint density at radius 2 is 1.13 bits per heavy atom. The van der Waals surface area contributed by atoms with Gasteiger partial charge in [-0.25, -0.2) is 35.6 Å². The van der Waals surface area contributed by atoms with Gasteiger partial charge in [-0.05, 0) is 97.8 Å². The van der Waals surface area contributed by atoms with Gasteiger partial charge in [0.15, 0.2) is 0 Å². The van der Waals surface area contributed by atoms with Gasteiger partial charge in [-0.3, -0.25) is 14.3 Å². The van der Waals surface area contributed by atoms with Crippen LogP contribution in [0, 0.1) is 25.5 Å². The predicted molar refractivity (Wildman–Crippen MR) is 237 cm³/mol. The van der Waals surface area contributed by atoms with Gasteiger partial charge in [0.25, 0.3) is 19.1 Å². The van der Waals surface area contributed by atoms with Crippen LogP contribution in [0.3, 0.4) is 0 Å². The van der Waals surface area contributed by atoms with E-state index in [1.54, 1.807) is 26.0 Å². The third-order valence-electron chi connectivity index (χ3n) is 8.11. The summed E-state index contributed by atoms with van der Waals surface area (Å²) in [6.07, 6.45) is 2.45. The van der Waals surface area contributed by atoms with Crippen molar-refractivity contribution in [3.63, 3.8) is 0 Å². The summed E-state index contributed by atoms with van der Waals surface area (Å²) in [6, 6.07) is 19.7. The van der Waals surface area contributed by atoms with Gasteiger partial charge >= 0.3 is 0 Å². The molecule has 320 valence electrons. The van der Waals surface area contributed by atoms with Crippen LogP contribution in [-0.4, -0.2) is 52.6 Å². The molecule has 0 aliphatic carbocycles. The zero-order valence-electron chi connectivity index (χ0n) is 31.9. The van der Waals surface area contributed by atoms with E-state index in [0.717, 1.165) is 20.6 Å². The second-order valence-corrected chi connectivity index (χ2v) is 19.1. The molecule has 0 aliphatic rings. The Bertz CT molecular complexity index is 2880. The molecule has 0 bridgehead atoms. The van der Waals surface area contributed by atoms with E-state index in [-0.39, 0.29) is 60.2 Å². The number of ether oxygens (including phenoxy) is 2. The Kier molecular flexibility index (Phi) is 16.8. The van der Waals surface area contributed by atoms with E-state index in [2.05, 4.69) is 46.5 Å². The summed E-state index contributed by atoms with van der Waals surface area (Å²) in [7, 11) is 0.112. The van der Waals surface area contributed by atoms with Gasteiger partial charge < -0.3 is 15.2 Å². The van der Waals surface area contributed by atoms with Gasteiger partial charge in [-0.15, -0.1) is 0 Å².